The fourth-order valence-electron chi connectivity index (χ4n) is 2.22. The molecule has 2 rings (SSSR count). The Morgan fingerprint density at radius 1 is 1.44 bits per heavy atom. The van der Waals surface area contributed by atoms with Gasteiger partial charge in [0.1, 0.15) is 5.82 Å². The summed E-state index contributed by atoms with van der Waals surface area (Å²) in [5.74, 6) is 2.38. The lowest BCUT2D eigenvalue weighted by Crippen LogP contribution is -2.36. The van der Waals surface area contributed by atoms with Crippen molar-refractivity contribution in [3.8, 4) is 0 Å². The minimum atomic E-state index is 0.664. The molecule has 0 saturated carbocycles. The highest BCUT2D eigenvalue weighted by Crippen LogP contribution is 2.19. The second-order valence-corrected chi connectivity index (χ2v) is 4.70. The van der Waals surface area contributed by atoms with E-state index in [2.05, 4.69) is 20.1 Å². The van der Waals surface area contributed by atoms with E-state index in [1.54, 1.807) is 0 Å². The van der Waals surface area contributed by atoms with E-state index in [0.717, 1.165) is 57.3 Å². The molecule has 1 aliphatic heterocycles. The van der Waals surface area contributed by atoms with Crippen molar-refractivity contribution < 1.29 is 4.74 Å². The maximum Gasteiger partial charge on any atom is 0.244 e. The molecule has 0 spiro atoms. The number of piperidine rings is 1. The molecule has 1 aliphatic rings. The van der Waals surface area contributed by atoms with Gasteiger partial charge < -0.3 is 15.4 Å². The van der Waals surface area contributed by atoms with Gasteiger partial charge in [-0.05, 0) is 32.2 Å². The summed E-state index contributed by atoms with van der Waals surface area (Å²) in [7, 11) is 0. The largest absolute Gasteiger partial charge is 0.381 e. The zero-order valence-electron chi connectivity index (χ0n) is 11.1. The van der Waals surface area contributed by atoms with Crippen molar-refractivity contribution in [3.63, 3.8) is 0 Å². The molecule has 0 aromatic carbocycles. The van der Waals surface area contributed by atoms with E-state index in [1.807, 2.05) is 6.92 Å². The molecule has 0 bridgehead atoms. The monoisotopic (exact) mass is 253 g/mol. The molecule has 0 amide bonds. The lowest BCUT2D eigenvalue weighted by molar-refractivity contribution is 0.149. The van der Waals surface area contributed by atoms with Crippen LogP contribution in [-0.2, 0) is 11.2 Å². The first-order valence-corrected chi connectivity index (χ1v) is 6.77. The first-order chi connectivity index (χ1) is 8.83. The van der Waals surface area contributed by atoms with Crippen LogP contribution in [0, 0.1) is 5.92 Å². The quantitative estimate of drug-likeness (QED) is 0.724. The van der Waals surface area contributed by atoms with E-state index >= 15 is 0 Å². The van der Waals surface area contributed by atoms with Gasteiger partial charge in [-0.25, -0.2) is 0 Å². The number of rotatable bonds is 6. The average Bonchev–Trinajstić information content (AvgIpc) is 2.88. The summed E-state index contributed by atoms with van der Waals surface area (Å²) in [4.78, 5) is 6.73. The molecule has 1 fully saturated rings. The number of H-pyrrole nitrogens is 1. The third-order valence-corrected chi connectivity index (χ3v) is 3.44. The van der Waals surface area contributed by atoms with Crippen LogP contribution in [0.25, 0.3) is 0 Å². The van der Waals surface area contributed by atoms with Gasteiger partial charge in [0.25, 0.3) is 0 Å². The molecule has 0 radical (unpaired) electrons. The first-order valence-electron chi connectivity index (χ1n) is 6.77. The number of anilines is 1. The maximum atomic E-state index is 5.69. The molecular weight excluding hydrogens is 230 g/mol. The van der Waals surface area contributed by atoms with Crippen molar-refractivity contribution in [2.24, 2.45) is 11.7 Å². The molecule has 6 nitrogen and oxygen atoms in total. The predicted octanol–water partition coefficient (Wildman–Crippen LogP) is 0.559. The van der Waals surface area contributed by atoms with E-state index in [1.165, 1.54) is 0 Å². The molecule has 0 aliphatic carbocycles. The van der Waals surface area contributed by atoms with E-state index < -0.39 is 0 Å². The highest BCUT2D eigenvalue weighted by Gasteiger charge is 2.20. The molecule has 3 N–H and O–H groups in total. The molecular formula is C12H23N5O. The van der Waals surface area contributed by atoms with Crippen molar-refractivity contribution in [2.45, 2.75) is 26.2 Å². The summed E-state index contributed by atoms with van der Waals surface area (Å²) in [6.45, 7) is 6.23. The van der Waals surface area contributed by atoms with Gasteiger partial charge in [-0.2, -0.15) is 4.98 Å². The summed E-state index contributed by atoms with van der Waals surface area (Å²) < 4.78 is 5.31. The summed E-state index contributed by atoms with van der Waals surface area (Å²) >= 11 is 0. The minimum Gasteiger partial charge on any atom is -0.381 e. The van der Waals surface area contributed by atoms with E-state index in [9.17, 15) is 0 Å². The Labute approximate surface area is 108 Å². The number of hydrogen-bond acceptors (Lipinski definition) is 5. The number of nitrogens with two attached hydrogens (primary N) is 1. The Balaban J connectivity index is 1.82. The number of nitrogens with zero attached hydrogens (tertiary/aromatic N) is 3. The van der Waals surface area contributed by atoms with Crippen molar-refractivity contribution >= 4 is 5.95 Å². The molecule has 102 valence electrons. The number of aromatic amines is 1. The standard InChI is InChI=1S/C12H23N5O/c1-2-18-8-5-11-14-12(16-15-11)17-6-3-10(9-13)4-7-17/h10H,2-9,13H2,1H3,(H,14,15,16). The van der Waals surface area contributed by atoms with Crippen LogP contribution < -0.4 is 10.6 Å². The van der Waals surface area contributed by atoms with Gasteiger partial charge in [-0.3, -0.25) is 5.10 Å². The van der Waals surface area contributed by atoms with Crippen molar-refractivity contribution in [1.29, 1.82) is 0 Å². The number of hydrogen-bond donors (Lipinski definition) is 2. The van der Waals surface area contributed by atoms with Crippen LogP contribution in [0.2, 0.25) is 0 Å². The Hall–Kier alpha value is -1.14. The Kier molecular flexibility index (Phi) is 4.95. The van der Waals surface area contributed by atoms with Crippen molar-refractivity contribution in [1.82, 2.24) is 15.2 Å². The van der Waals surface area contributed by atoms with E-state index in [0.29, 0.717) is 12.5 Å². The first kappa shape index (κ1) is 13.3. The minimum absolute atomic E-state index is 0.664. The van der Waals surface area contributed by atoms with Gasteiger partial charge in [0.2, 0.25) is 5.95 Å². The normalized spacial score (nSPS) is 17.3. The average molecular weight is 253 g/mol. The Bertz CT molecular complexity index is 346. The highest BCUT2D eigenvalue weighted by molar-refractivity contribution is 5.29. The van der Waals surface area contributed by atoms with Crippen molar-refractivity contribution in [2.75, 3.05) is 37.7 Å². The van der Waals surface area contributed by atoms with Crippen LogP contribution in [-0.4, -0.2) is 48.0 Å². The summed E-state index contributed by atoms with van der Waals surface area (Å²) in [5.41, 5.74) is 5.69. The van der Waals surface area contributed by atoms with Crippen molar-refractivity contribution in [3.05, 3.63) is 5.82 Å². The SMILES string of the molecule is CCOCCc1nc(N2CCC(CN)CC2)n[nH]1. The third-order valence-electron chi connectivity index (χ3n) is 3.44. The Morgan fingerprint density at radius 3 is 2.89 bits per heavy atom. The second-order valence-electron chi connectivity index (χ2n) is 4.70. The van der Waals surface area contributed by atoms with Gasteiger partial charge in [0, 0.05) is 26.1 Å². The van der Waals surface area contributed by atoms with E-state index in [4.69, 9.17) is 10.5 Å². The Morgan fingerprint density at radius 2 is 2.22 bits per heavy atom. The molecule has 1 saturated heterocycles. The van der Waals surface area contributed by atoms with Gasteiger partial charge in [-0.15, -0.1) is 5.10 Å². The molecule has 18 heavy (non-hydrogen) atoms. The molecule has 1 aromatic rings. The number of aromatic nitrogens is 3. The highest BCUT2D eigenvalue weighted by atomic mass is 16.5. The topological polar surface area (TPSA) is 80.1 Å². The van der Waals surface area contributed by atoms with Crippen LogP contribution in [0.1, 0.15) is 25.6 Å². The molecule has 6 heteroatoms. The lowest BCUT2D eigenvalue weighted by atomic mass is 9.97. The van der Waals surface area contributed by atoms with Crippen LogP contribution in [0.5, 0.6) is 0 Å². The summed E-state index contributed by atoms with van der Waals surface area (Å²) in [6.07, 6.45) is 3.07. The smallest absolute Gasteiger partial charge is 0.244 e. The molecule has 2 heterocycles. The fourth-order valence-corrected chi connectivity index (χ4v) is 2.22. The van der Waals surface area contributed by atoms with Gasteiger partial charge in [-0.1, -0.05) is 0 Å². The number of nitrogens with one attached hydrogen (secondary N) is 1. The maximum absolute atomic E-state index is 5.69. The molecule has 0 atom stereocenters. The summed E-state index contributed by atoms with van der Waals surface area (Å²) in [6, 6.07) is 0. The van der Waals surface area contributed by atoms with Crippen LogP contribution in [0.4, 0.5) is 5.95 Å². The number of ether oxygens (including phenoxy) is 1. The lowest BCUT2D eigenvalue weighted by Gasteiger charge is -2.30. The summed E-state index contributed by atoms with van der Waals surface area (Å²) in [5, 5.41) is 7.25. The van der Waals surface area contributed by atoms with Crippen LogP contribution in [0.15, 0.2) is 0 Å². The molecule has 0 unspecified atom stereocenters. The predicted molar refractivity (Wildman–Crippen MR) is 70.6 cm³/mol. The zero-order chi connectivity index (χ0) is 12.8. The van der Waals surface area contributed by atoms with Gasteiger partial charge in [0.15, 0.2) is 0 Å². The van der Waals surface area contributed by atoms with E-state index in [-0.39, 0.29) is 0 Å². The van der Waals surface area contributed by atoms with Crippen LogP contribution in [0.3, 0.4) is 0 Å². The van der Waals surface area contributed by atoms with Gasteiger partial charge in [0.05, 0.1) is 6.61 Å². The zero-order valence-corrected chi connectivity index (χ0v) is 11.1. The second kappa shape index (κ2) is 6.70. The van der Waals surface area contributed by atoms with Gasteiger partial charge >= 0.3 is 0 Å². The molecule has 1 aromatic heterocycles. The van der Waals surface area contributed by atoms with Crippen LogP contribution >= 0.6 is 0 Å². The third kappa shape index (κ3) is 3.43. The fraction of sp³-hybridized carbons (Fsp3) is 0.833.